The lowest BCUT2D eigenvalue weighted by molar-refractivity contribution is 0.416. The van der Waals surface area contributed by atoms with Crippen molar-refractivity contribution in [1.82, 2.24) is 9.88 Å². The van der Waals surface area contributed by atoms with Gasteiger partial charge in [-0.2, -0.15) is 0 Å². The minimum atomic E-state index is 0.273. The van der Waals surface area contributed by atoms with E-state index in [9.17, 15) is 0 Å². The Bertz CT molecular complexity index is 1300. The second-order valence-electron chi connectivity index (χ2n) is 8.18. The molecule has 160 valence electrons. The van der Waals surface area contributed by atoms with Crippen molar-refractivity contribution in [2.24, 2.45) is 0 Å². The number of aromatic nitrogens is 1. The van der Waals surface area contributed by atoms with E-state index in [4.69, 9.17) is 4.74 Å². The maximum atomic E-state index is 5.51. The quantitative estimate of drug-likeness (QED) is 0.313. The number of nitrogens with zero attached hydrogens (tertiary/aromatic N) is 1. The van der Waals surface area contributed by atoms with Crippen molar-refractivity contribution in [3.05, 3.63) is 103 Å². The van der Waals surface area contributed by atoms with Crippen LogP contribution in [-0.2, 0) is 6.54 Å². The van der Waals surface area contributed by atoms with Crippen LogP contribution in [-0.4, -0.2) is 18.2 Å². The Morgan fingerprint density at radius 2 is 1.34 bits per heavy atom. The van der Waals surface area contributed by atoms with Crippen LogP contribution in [0.15, 0.2) is 97.1 Å². The van der Waals surface area contributed by atoms with E-state index in [-0.39, 0.29) is 6.04 Å². The molecule has 4 aromatic carbocycles. The predicted molar refractivity (Wildman–Crippen MR) is 134 cm³/mol. The molecule has 1 atom stereocenters. The highest BCUT2D eigenvalue weighted by Crippen LogP contribution is 2.31. The Labute approximate surface area is 189 Å². The molecule has 1 heterocycles. The van der Waals surface area contributed by atoms with Gasteiger partial charge in [0.25, 0.3) is 0 Å². The van der Waals surface area contributed by atoms with Crippen LogP contribution in [0, 0.1) is 0 Å². The molecule has 32 heavy (non-hydrogen) atoms. The standard InChI is InChI=1S/C29H28N2O/c1-21(22-15-17-23(18-16-22)24-9-5-8-14-29(24)32-2)30-19-20-31-27-12-6-3-10-25(27)26-11-4-7-13-28(26)31/h3-18,21,30H,19-20H2,1-2H3. The molecule has 5 rings (SSSR count). The molecule has 1 aromatic heterocycles. The number of ether oxygens (including phenoxy) is 1. The number of nitrogens with one attached hydrogen (secondary N) is 1. The van der Waals surface area contributed by atoms with Crippen LogP contribution in [0.1, 0.15) is 18.5 Å². The van der Waals surface area contributed by atoms with Crippen molar-refractivity contribution in [1.29, 1.82) is 0 Å². The summed E-state index contributed by atoms with van der Waals surface area (Å²) in [5, 5.41) is 6.35. The number of para-hydroxylation sites is 3. The first-order valence-electron chi connectivity index (χ1n) is 11.2. The summed E-state index contributed by atoms with van der Waals surface area (Å²) in [6, 6.07) is 34.5. The zero-order chi connectivity index (χ0) is 21.9. The van der Waals surface area contributed by atoms with Gasteiger partial charge in [0.15, 0.2) is 0 Å². The number of fused-ring (bicyclic) bond motifs is 3. The van der Waals surface area contributed by atoms with Crippen LogP contribution in [0.4, 0.5) is 0 Å². The average molecular weight is 421 g/mol. The maximum absolute atomic E-state index is 5.51. The summed E-state index contributed by atoms with van der Waals surface area (Å²) in [7, 11) is 1.72. The third-order valence-electron chi connectivity index (χ3n) is 6.29. The van der Waals surface area contributed by atoms with Gasteiger partial charge in [-0.3, -0.25) is 0 Å². The molecule has 0 aliphatic heterocycles. The number of hydrogen-bond donors (Lipinski definition) is 1. The van der Waals surface area contributed by atoms with Gasteiger partial charge >= 0.3 is 0 Å². The van der Waals surface area contributed by atoms with Crippen LogP contribution < -0.4 is 10.1 Å². The van der Waals surface area contributed by atoms with E-state index in [0.29, 0.717) is 0 Å². The van der Waals surface area contributed by atoms with Crippen molar-refractivity contribution in [3.8, 4) is 16.9 Å². The van der Waals surface area contributed by atoms with Gasteiger partial charge in [-0.25, -0.2) is 0 Å². The Morgan fingerprint density at radius 3 is 2.00 bits per heavy atom. The first-order chi connectivity index (χ1) is 15.8. The molecule has 3 heteroatoms. The lowest BCUT2D eigenvalue weighted by atomic mass is 10.0. The Balaban J connectivity index is 1.30. The van der Waals surface area contributed by atoms with Gasteiger partial charge in [-0.05, 0) is 36.2 Å². The summed E-state index contributed by atoms with van der Waals surface area (Å²) < 4.78 is 7.94. The minimum Gasteiger partial charge on any atom is -0.496 e. The first kappa shape index (κ1) is 20.3. The van der Waals surface area contributed by atoms with Crippen molar-refractivity contribution in [3.63, 3.8) is 0 Å². The summed E-state index contributed by atoms with van der Waals surface area (Å²) in [5.41, 5.74) is 6.16. The summed E-state index contributed by atoms with van der Waals surface area (Å²) >= 11 is 0. The third-order valence-corrected chi connectivity index (χ3v) is 6.29. The van der Waals surface area contributed by atoms with Crippen molar-refractivity contribution in [2.75, 3.05) is 13.7 Å². The lowest BCUT2D eigenvalue weighted by Crippen LogP contribution is -2.23. The molecule has 0 radical (unpaired) electrons. The fraction of sp³-hybridized carbons (Fsp3) is 0.172. The minimum absolute atomic E-state index is 0.273. The fourth-order valence-electron chi connectivity index (χ4n) is 4.59. The monoisotopic (exact) mass is 420 g/mol. The highest BCUT2D eigenvalue weighted by atomic mass is 16.5. The molecule has 0 spiro atoms. The number of benzene rings is 4. The highest BCUT2D eigenvalue weighted by molar-refractivity contribution is 6.07. The molecule has 0 fully saturated rings. The second kappa shape index (κ2) is 8.89. The summed E-state index contributed by atoms with van der Waals surface area (Å²) in [4.78, 5) is 0. The molecule has 0 aliphatic carbocycles. The van der Waals surface area contributed by atoms with Crippen molar-refractivity contribution >= 4 is 21.8 Å². The lowest BCUT2D eigenvalue weighted by Gasteiger charge is -2.16. The zero-order valence-corrected chi connectivity index (χ0v) is 18.6. The predicted octanol–water partition coefficient (Wildman–Crippen LogP) is 6.82. The second-order valence-corrected chi connectivity index (χ2v) is 8.18. The van der Waals surface area contributed by atoms with Crippen LogP contribution in [0.25, 0.3) is 32.9 Å². The van der Waals surface area contributed by atoms with E-state index >= 15 is 0 Å². The molecule has 0 bridgehead atoms. The van der Waals surface area contributed by atoms with E-state index in [0.717, 1.165) is 24.4 Å². The molecule has 0 saturated carbocycles. The largest absolute Gasteiger partial charge is 0.496 e. The molecule has 0 aliphatic rings. The molecule has 1 N–H and O–H groups in total. The number of methoxy groups -OCH3 is 1. The van der Waals surface area contributed by atoms with E-state index in [2.05, 4.69) is 95.7 Å². The number of rotatable bonds is 7. The molecule has 0 amide bonds. The fourth-order valence-corrected chi connectivity index (χ4v) is 4.59. The van der Waals surface area contributed by atoms with Crippen molar-refractivity contribution in [2.45, 2.75) is 19.5 Å². The number of hydrogen-bond acceptors (Lipinski definition) is 2. The summed E-state index contributed by atoms with van der Waals surface area (Å²) in [6.45, 7) is 4.06. The highest BCUT2D eigenvalue weighted by Gasteiger charge is 2.11. The molecule has 3 nitrogen and oxygen atoms in total. The normalized spacial score (nSPS) is 12.3. The summed E-state index contributed by atoms with van der Waals surface area (Å²) in [5.74, 6) is 0.901. The van der Waals surface area contributed by atoms with Crippen LogP contribution >= 0.6 is 0 Å². The SMILES string of the molecule is COc1ccccc1-c1ccc(C(C)NCCn2c3ccccc3c3ccccc32)cc1. The van der Waals surface area contributed by atoms with E-state index in [1.165, 1.54) is 32.9 Å². The zero-order valence-electron chi connectivity index (χ0n) is 18.6. The smallest absolute Gasteiger partial charge is 0.126 e. The van der Waals surface area contributed by atoms with Crippen LogP contribution in [0.5, 0.6) is 5.75 Å². The molecule has 0 saturated heterocycles. The molecule has 5 aromatic rings. The van der Waals surface area contributed by atoms with Gasteiger partial charge < -0.3 is 14.6 Å². The van der Waals surface area contributed by atoms with E-state index in [1.807, 2.05) is 18.2 Å². The molecular formula is C29H28N2O. The Kier molecular flexibility index (Phi) is 5.66. The molecular weight excluding hydrogens is 392 g/mol. The third kappa shape index (κ3) is 3.76. The maximum Gasteiger partial charge on any atom is 0.126 e. The van der Waals surface area contributed by atoms with Crippen molar-refractivity contribution < 1.29 is 4.74 Å². The van der Waals surface area contributed by atoms with E-state index in [1.54, 1.807) is 7.11 Å². The topological polar surface area (TPSA) is 26.2 Å². The van der Waals surface area contributed by atoms with Gasteiger partial charge in [0, 0.05) is 46.5 Å². The van der Waals surface area contributed by atoms with Gasteiger partial charge in [-0.15, -0.1) is 0 Å². The first-order valence-corrected chi connectivity index (χ1v) is 11.2. The van der Waals surface area contributed by atoms with Gasteiger partial charge in [0.2, 0.25) is 0 Å². The van der Waals surface area contributed by atoms with Gasteiger partial charge in [-0.1, -0.05) is 78.9 Å². The van der Waals surface area contributed by atoms with Crippen LogP contribution in [0.3, 0.4) is 0 Å². The summed E-state index contributed by atoms with van der Waals surface area (Å²) in [6.07, 6.45) is 0. The Morgan fingerprint density at radius 1 is 0.750 bits per heavy atom. The van der Waals surface area contributed by atoms with Gasteiger partial charge in [0.05, 0.1) is 7.11 Å². The van der Waals surface area contributed by atoms with Crippen LogP contribution in [0.2, 0.25) is 0 Å². The van der Waals surface area contributed by atoms with E-state index < -0.39 is 0 Å². The average Bonchev–Trinajstić information content (AvgIpc) is 3.18. The molecule has 1 unspecified atom stereocenters. The van der Waals surface area contributed by atoms with Gasteiger partial charge in [0.1, 0.15) is 5.75 Å². The Hall–Kier alpha value is -3.56.